The van der Waals surface area contributed by atoms with Gasteiger partial charge in [-0.3, -0.25) is 0 Å². The average Bonchev–Trinajstić information content (AvgIpc) is 2.55. The normalized spacial score (nSPS) is 34.7. The van der Waals surface area contributed by atoms with E-state index in [1.807, 2.05) is 20.8 Å². The van der Waals surface area contributed by atoms with E-state index in [9.17, 15) is 4.79 Å². The second-order valence-corrected chi connectivity index (χ2v) is 6.60. The van der Waals surface area contributed by atoms with Crippen LogP contribution in [0, 0.1) is 16.7 Å². The third-order valence-corrected chi connectivity index (χ3v) is 3.78. The minimum absolute atomic E-state index is 0.0841. The predicted octanol–water partition coefficient (Wildman–Crippen LogP) is 2.74. The summed E-state index contributed by atoms with van der Waals surface area (Å²) in [5, 5.41) is 11.8. The number of nitriles is 1. The Morgan fingerprint density at radius 2 is 2.06 bits per heavy atom. The lowest BCUT2D eigenvalue weighted by Crippen LogP contribution is -2.56. The molecule has 0 aliphatic heterocycles. The lowest BCUT2D eigenvalue weighted by molar-refractivity contribution is 0.0285. The summed E-state index contributed by atoms with van der Waals surface area (Å²) in [4.78, 5) is 11.7. The molecule has 2 bridgehead atoms. The van der Waals surface area contributed by atoms with Crippen molar-refractivity contribution in [2.75, 3.05) is 0 Å². The predicted molar refractivity (Wildman–Crippen MR) is 63.2 cm³/mol. The lowest BCUT2D eigenvalue weighted by Gasteiger charge is -2.46. The van der Waals surface area contributed by atoms with Gasteiger partial charge in [0.05, 0.1) is 6.07 Å². The summed E-state index contributed by atoms with van der Waals surface area (Å²) in [5.41, 5.74) is -0.351. The molecular weight excluding hydrogens is 216 g/mol. The third kappa shape index (κ3) is 2.38. The number of carbonyl (C=O) groups excluding carboxylic acids is 1. The van der Waals surface area contributed by atoms with Crippen LogP contribution in [0.25, 0.3) is 0 Å². The first-order chi connectivity index (χ1) is 7.78. The van der Waals surface area contributed by atoms with Gasteiger partial charge in [0, 0.05) is 12.0 Å². The first-order valence-corrected chi connectivity index (χ1v) is 6.16. The highest BCUT2D eigenvalue weighted by molar-refractivity contribution is 5.69. The van der Waals surface area contributed by atoms with Gasteiger partial charge in [0.25, 0.3) is 0 Å². The van der Waals surface area contributed by atoms with E-state index in [2.05, 4.69) is 11.4 Å². The van der Waals surface area contributed by atoms with Gasteiger partial charge in [-0.15, -0.1) is 0 Å². The van der Waals surface area contributed by atoms with Gasteiger partial charge in [-0.05, 0) is 51.9 Å². The second-order valence-electron chi connectivity index (χ2n) is 6.60. The van der Waals surface area contributed by atoms with E-state index < -0.39 is 5.60 Å². The van der Waals surface area contributed by atoms with Crippen LogP contribution in [0.1, 0.15) is 52.9 Å². The van der Waals surface area contributed by atoms with E-state index in [0.29, 0.717) is 6.42 Å². The van der Waals surface area contributed by atoms with E-state index in [4.69, 9.17) is 10.00 Å². The minimum atomic E-state index is -0.452. The van der Waals surface area contributed by atoms with Crippen LogP contribution in [0.4, 0.5) is 4.79 Å². The summed E-state index contributed by atoms with van der Waals surface area (Å²) in [6, 6.07) is 2.25. The Balaban J connectivity index is 1.87. The molecule has 17 heavy (non-hydrogen) atoms. The minimum Gasteiger partial charge on any atom is -0.444 e. The number of nitrogens with one attached hydrogen (secondary N) is 1. The monoisotopic (exact) mass is 236 g/mol. The maximum absolute atomic E-state index is 11.7. The summed E-state index contributed by atoms with van der Waals surface area (Å²) in [5.74, 6) is 0. The largest absolute Gasteiger partial charge is 0.444 e. The van der Waals surface area contributed by atoms with Crippen molar-refractivity contribution in [3.63, 3.8) is 0 Å². The van der Waals surface area contributed by atoms with Crippen molar-refractivity contribution in [3.05, 3.63) is 0 Å². The van der Waals surface area contributed by atoms with Gasteiger partial charge in [0.1, 0.15) is 5.60 Å². The fraction of sp³-hybridized carbons (Fsp3) is 0.846. The number of hydrogen-bond donors (Lipinski definition) is 1. The summed E-state index contributed by atoms with van der Waals surface area (Å²) in [7, 11) is 0. The third-order valence-electron chi connectivity index (χ3n) is 3.78. The Morgan fingerprint density at radius 3 is 2.59 bits per heavy atom. The molecule has 3 saturated carbocycles. The van der Waals surface area contributed by atoms with Crippen molar-refractivity contribution in [1.29, 1.82) is 5.26 Å². The van der Waals surface area contributed by atoms with E-state index in [0.717, 1.165) is 25.7 Å². The van der Waals surface area contributed by atoms with Crippen LogP contribution in [-0.4, -0.2) is 17.2 Å². The van der Waals surface area contributed by atoms with Crippen LogP contribution in [0.5, 0.6) is 0 Å². The zero-order valence-electron chi connectivity index (χ0n) is 10.8. The molecule has 1 amide bonds. The summed E-state index contributed by atoms with van der Waals surface area (Å²) in [6.45, 7) is 5.58. The molecule has 0 saturated heterocycles. The number of nitrogens with zero attached hydrogens (tertiary/aromatic N) is 1. The second kappa shape index (κ2) is 3.63. The lowest BCUT2D eigenvalue weighted by atomic mass is 9.64. The van der Waals surface area contributed by atoms with Crippen LogP contribution in [0.3, 0.4) is 0 Å². The van der Waals surface area contributed by atoms with Crippen LogP contribution in [0.2, 0.25) is 0 Å². The molecule has 3 rings (SSSR count). The van der Waals surface area contributed by atoms with Crippen LogP contribution >= 0.6 is 0 Å². The van der Waals surface area contributed by atoms with Crippen molar-refractivity contribution in [2.45, 2.75) is 64.0 Å². The number of carbonyl (C=O) groups is 1. The fourth-order valence-corrected chi connectivity index (χ4v) is 3.29. The molecule has 0 heterocycles. The molecule has 4 nitrogen and oxygen atoms in total. The number of fused-ring (bicyclic) bond motifs is 1. The smallest absolute Gasteiger partial charge is 0.408 e. The maximum Gasteiger partial charge on any atom is 0.408 e. The summed E-state index contributed by atoms with van der Waals surface area (Å²) in [6.07, 6.45) is 4.19. The molecule has 0 aromatic heterocycles. The van der Waals surface area contributed by atoms with Gasteiger partial charge in [-0.2, -0.15) is 5.26 Å². The van der Waals surface area contributed by atoms with E-state index in [1.54, 1.807) is 0 Å². The van der Waals surface area contributed by atoms with E-state index >= 15 is 0 Å². The average molecular weight is 236 g/mol. The molecule has 1 N–H and O–H groups in total. The van der Waals surface area contributed by atoms with Crippen LogP contribution in [0.15, 0.2) is 0 Å². The maximum atomic E-state index is 11.7. The Kier molecular flexibility index (Phi) is 2.61. The standard InChI is InChI=1S/C13H20N2O2/c1-11(2,3)17-10(16)15-13-5-4-12(8-13,9-13)6-7-14/h4-6,8-9H2,1-3H3,(H,15,16). The molecular formula is C13H20N2O2. The Hall–Kier alpha value is -1.24. The fourth-order valence-electron chi connectivity index (χ4n) is 3.29. The molecule has 0 atom stereocenters. The van der Waals surface area contributed by atoms with Crippen molar-refractivity contribution in [3.8, 4) is 6.07 Å². The zero-order valence-corrected chi connectivity index (χ0v) is 10.8. The summed E-state index contributed by atoms with van der Waals surface area (Å²) < 4.78 is 5.27. The van der Waals surface area contributed by atoms with Gasteiger partial charge in [0.15, 0.2) is 0 Å². The van der Waals surface area contributed by atoms with Crippen LogP contribution in [-0.2, 0) is 4.74 Å². The summed E-state index contributed by atoms with van der Waals surface area (Å²) >= 11 is 0. The van der Waals surface area contributed by atoms with Gasteiger partial charge in [-0.25, -0.2) is 4.79 Å². The van der Waals surface area contributed by atoms with Gasteiger partial charge >= 0.3 is 6.09 Å². The highest BCUT2D eigenvalue weighted by Gasteiger charge is 2.61. The SMILES string of the molecule is CC(C)(C)OC(=O)NC12CCC(CC#N)(C1)C2. The number of ether oxygens (including phenoxy) is 1. The molecule has 94 valence electrons. The first kappa shape index (κ1) is 12.2. The topological polar surface area (TPSA) is 62.1 Å². The number of amides is 1. The molecule has 0 unspecified atom stereocenters. The highest BCUT2D eigenvalue weighted by atomic mass is 16.6. The number of alkyl carbamates (subject to hydrolysis) is 1. The Bertz CT molecular complexity index is 370. The highest BCUT2D eigenvalue weighted by Crippen LogP contribution is 2.63. The van der Waals surface area contributed by atoms with E-state index in [-0.39, 0.29) is 17.0 Å². The molecule has 0 aromatic carbocycles. The number of rotatable bonds is 2. The number of hydrogen-bond acceptors (Lipinski definition) is 3. The molecule has 3 aliphatic carbocycles. The zero-order chi connectivity index (χ0) is 12.7. The molecule has 0 spiro atoms. The van der Waals surface area contributed by atoms with Gasteiger partial charge in [0.2, 0.25) is 0 Å². The molecule has 4 heteroatoms. The van der Waals surface area contributed by atoms with Crippen molar-refractivity contribution < 1.29 is 9.53 Å². The van der Waals surface area contributed by atoms with Crippen molar-refractivity contribution in [2.24, 2.45) is 5.41 Å². The Labute approximate surface area is 102 Å². The van der Waals surface area contributed by atoms with Gasteiger partial charge in [-0.1, -0.05) is 0 Å². The van der Waals surface area contributed by atoms with Crippen LogP contribution < -0.4 is 5.32 Å². The van der Waals surface area contributed by atoms with Crippen molar-refractivity contribution in [1.82, 2.24) is 5.32 Å². The molecule has 0 aromatic rings. The molecule has 0 radical (unpaired) electrons. The molecule has 3 aliphatic rings. The Morgan fingerprint density at radius 1 is 1.41 bits per heavy atom. The van der Waals surface area contributed by atoms with Crippen molar-refractivity contribution >= 4 is 6.09 Å². The molecule has 3 fully saturated rings. The van der Waals surface area contributed by atoms with E-state index in [1.165, 1.54) is 0 Å². The van der Waals surface area contributed by atoms with Gasteiger partial charge < -0.3 is 10.1 Å². The quantitative estimate of drug-likeness (QED) is 0.801. The first-order valence-electron chi connectivity index (χ1n) is 6.16.